The molecule has 0 heterocycles. The maximum Gasteiger partial charge on any atom is 0.200 e. The van der Waals surface area contributed by atoms with Gasteiger partial charge in [0.05, 0.1) is 5.56 Å². The third-order valence-corrected chi connectivity index (χ3v) is 2.71. The van der Waals surface area contributed by atoms with Crippen molar-refractivity contribution in [2.75, 3.05) is 5.73 Å². The van der Waals surface area contributed by atoms with Crippen LogP contribution in [0.3, 0.4) is 0 Å². The minimum absolute atomic E-state index is 0.0587. The van der Waals surface area contributed by atoms with Crippen molar-refractivity contribution in [2.45, 2.75) is 0 Å². The van der Waals surface area contributed by atoms with Crippen LogP contribution in [-0.2, 0) is 0 Å². The second kappa shape index (κ2) is 4.81. The molecule has 5 nitrogen and oxygen atoms in total. The van der Waals surface area contributed by atoms with Crippen molar-refractivity contribution in [3.63, 3.8) is 0 Å². The molecule has 2 aromatic rings. The number of nitrogens with two attached hydrogens (primary N) is 1. The van der Waals surface area contributed by atoms with Crippen LogP contribution in [0.4, 0.5) is 5.69 Å². The summed E-state index contributed by atoms with van der Waals surface area (Å²) in [6.45, 7) is 0. The average molecular weight is 257 g/mol. The van der Waals surface area contributed by atoms with Crippen molar-refractivity contribution in [1.29, 1.82) is 0 Å². The van der Waals surface area contributed by atoms with Crippen molar-refractivity contribution in [2.24, 2.45) is 0 Å². The lowest BCUT2D eigenvalue weighted by Crippen LogP contribution is -2.04. The summed E-state index contributed by atoms with van der Waals surface area (Å²) in [5.74, 6) is -1.50. The Balaban J connectivity index is 2.55. The van der Waals surface area contributed by atoms with E-state index in [1.54, 1.807) is 0 Å². The topological polar surface area (TPSA) is 101 Å². The molecule has 0 fully saturated rings. The number of hydrogen-bond acceptors (Lipinski definition) is 5. The summed E-state index contributed by atoms with van der Waals surface area (Å²) < 4.78 is 0. The summed E-state index contributed by atoms with van der Waals surface area (Å²) in [6, 6.07) is 8.44. The van der Waals surface area contributed by atoms with Crippen molar-refractivity contribution < 1.29 is 19.8 Å². The van der Waals surface area contributed by atoms with Gasteiger partial charge in [-0.2, -0.15) is 0 Å². The molecule has 19 heavy (non-hydrogen) atoms. The monoisotopic (exact) mass is 257 g/mol. The largest absolute Gasteiger partial charge is 0.507 e. The Bertz CT molecular complexity index is 647. The molecule has 0 aliphatic rings. The molecule has 4 N–H and O–H groups in total. The first-order valence-corrected chi connectivity index (χ1v) is 5.45. The zero-order valence-electron chi connectivity index (χ0n) is 9.83. The van der Waals surface area contributed by atoms with Crippen LogP contribution in [0.15, 0.2) is 36.4 Å². The van der Waals surface area contributed by atoms with Gasteiger partial charge >= 0.3 is 0 Å². The molecule has 0 bridgehead atoms. The number of phenols is 2. The number of rotatable bonds is 3. The van der Waals surface area contributed by atoms with E-state index in [0.717, 1.165) is 0 Å². The van der Waals surface area contributed by atoms with Gasteiger partial charge in [0.15, 0.2) is 6.29 Å². The molecular formula is C14H11NO4. The fourth-order valence-corrected chi connectivity index (χ4v) is 1.69. The van der Waals surface area contributed by atoms with Gasteiger partial charge in [0.25, 0.3) is 0 Å². The van der Waals surface area contributed by atoms with E-state index in [4.69, 9.17) is 5.73 Å². The Morgan fingerprint density at radius 3 is 2.26 bits per heavy atom. The Hall–Kier alpha value is -2.82. The van der Waals surface area contributed by atoms with E-state index in [-0.39, 0.29) is 22.4 Å². The van der Waals surface area contributed by atoms with Gasteiger partial charge in [-0.15, -0.1) is 0 Å². The number of aldehydes is 1. The van der Waals surface area contributed by atoms with E-state index in [0.29, 0.717) is 12.0 Å². The van der Waals surface area contributed by atoms with Gasteiger partial charge < -0.3 is 15.9 Å². The number of benzene rings is 2. The molecule has 0 aromatic heterocycles. The molecule has 0 saturated carbocycles. The summed E-state index contributed by atoms with van der Waals surface area (Å²) >= 11 is 0. The molecule has 2 rings (SSSR count). The molecular weight excluding hydrogens is 246 g/mol. The molecule has 0 amide bonds. The van der Waals surface area contributed by atoms with Crippen LogP contribution in [0.2, 0.25) is 0 Å². The summed E-state index contributed by atoms with van der Waals surface area (Å²) in [4.78, 5) is 22.9. The molecule has 0 atom stereocenters. The molecule has 0 spiro atoms. The van der Waals surface area contributed by atoms with Crippen LogP contribution < -0.4 is 5.73 Å². The van der Waals surface area contributed by atoms with Crippen molar-refractivity contribution in [3.8, 4) is 11.5 Å². The number of ketones is 1. The lowest BCUT2D eigenvalue weighted by Gasteiger charge is -2.08. The van der Waals surface area contributed by atoms with Gasteiger partial charge in [0.1, 0.15) is 17.1 Å². The van der Waals surface area contributed by atoms with Crippen LogP contribution in [0.25, 0.3) is 0 Å². The zero-order valence-corrected chi connectivity index (χ0v) is 9.83. The van der Waals surface area contributed by atoms with Gasteiger partial charge in [0, 0.05) is 11.3 Å². The zero-order chi connectivity index (χ0) is 14.0. The van der Waals surface area contributed by atoms with Crippen LogP contribution in [-0.4, -0.2) is 22.3 Å². The van der Waals surface area contributed by atoms with E-state index < -0.39 is 11.5 Å². The number of nitrogen functional groups attached to an aromatic ring is 1. The highest BCUT2D eigenvalue weighted by Gasteiger charge is 2.20. The summed E-state index contributed by atoms with van der Waals surface area (Å²) in [5, 5.41) is 19.5. The number of carbonyl (C=O) groups excluding carboxylic acids is 2. The molecule has 2 aromatic carbocycles. The number of anilines is 1. The molecule has 0 aliphatic heterocycles. The maximum atomic E-state index is 12.2. The molecule has 5 heteroatoms. The van der Waals surface area contributed by atoms with Gasteiger partial charge in [-0.25, -0.2) is 0 Å². The molecule has 0 unspecified atom stereocenters. The Labute approximate surface area is 108 Å². The van der Waals surface area contributed by atoms with Gasteiger partial charge in [0.2, 0.25) is 5.78 Å². The van der Waals surface area contributed by atoms with E-state index in [1.165, 1.54) is 36.4 Å². The van der Waals surface area contributed by atoms with Crippen molar-refractivity contribution in [1.82, 2.24) is 0 Å². The normalized spacial score (nSPS) is 10.1. The molecule has 0 radical (unpaired) electrons. The standard InChI is InChI=1S/C14H11NO4/c15-10-4-1-8(2-5-10)13(18)12-11(17)6-3-9(7-16)14(12)19/h1-7,17,19H,15H2. The molecule has 96 valence electrons. The van der Waals surface area contributed by atoms with Crippen LogP contribution in [0.5, 0.6) is 11.5 Å². The predicted molar refractivity (Wildman–Crippen MR) is 69.4 cm³/mol. The first kappa shape index (κ1) is 12.6. The van der Waals surface area contributed by atoms with E-state index in [2.05, 4.69) is 0 Å². The lowest BCUT2D eigenvalue weighted by molar-refractivity contribution is 0.103. The Morgan fingerprint density at radius 2 is 1.68 bits per heavy atom. The summed E-state index contributed by atoms with van der Waals surface area (Å²) in [5.41, 5.74) is 5.90. The van der Waals surface area contributed by atoms with Crippen molar-refractivity contribution in [3.05, 3.63) is 53.1 Å². The highest BCUT2D eigenvalue weighted by molar-refractivity contribution is 6.13. The fourth-order valence-electron chi connectivity index (χ4n) is 1.69. The second-order valence-electron chi connectivity index (χ2n) is 3.97. The molecule has 0 aliphatic carbocycles. The first-order chi connectivity index (χ1) is 9.04. The van der Waals surface area contributed by atoms with E-state index in [9.17, 15) is 19.8 Å². The SMILES string of the molecule is Nc1ccc(C(=O)c2c(O)ccc(C=O)c2O)cc1. The molecule has 0 saturated heterocycles. The summed E-state index contributed by atoms with van der Waals surface area (Å²) in [6.07, 6.45) is 0.411. The van der Waals surface area contributed by atoms with E-state index in [1.807, 2.05) is 0 Å². The average Bonchev–Trinajstić information content (AvgIpc) is 2.39. The second-order valence-corrected chi connectivity index (χ2v) is 3.97. The van der Waals surface area contributed by atoms with Crippen LogP contribution in [0, 0.1) is 0 Å². The number of aromatic hydroxyl groups is 2. The summed E-state index contributed by atoms with van der Waals surface area (Å²) in [7, 11) is 0. The minimum Gasteiger partial charge on any atom is -0.507 e. The number of carbonyl (C=O) groups is 2. The number of hydrogen-bond donors (Lipinski definition) is 3. The quantitative estimate of drug-likeness (QED) is 0.441. The third-order valence-electron chi connectivity index (χ3n) is 2.71. The van der Waals surface area contributed by atoms with Gasteiger partial charge in [-0.1, -0.05) is 0 Å². The highest BCUT2D eigenvalue weighted by atomic mass is 16.3. The first-order valence-electron chi connectivity index (χ1n) is 5.45. The third kappa shape index (κ3) is 2.26. The fraction of sp³-hybridized carbons (Fsp3) is 0. The Kier molecular flexibility index (Phi) is 3.20. The number of phenolic OH excluding ortho intramolecular Hbond substituents is 2. The van der Waals surface area contributed by atoms with Crippen molar-refractivity contribution >= 4 is 17.8 Å². The van der Waals surface area contributed by atoms with Gasteiger partial charge in [-0.3, -0.25) is 9.59 Å². The lowest BCUT2D eigenvalue weighted by atomic mass is 9.99. The van der Waals surface area contributed by atoms with Crippen LogP contribution >= 0.6 is 0 Å². The Morgan fingerprint density at radius 1 is 1.05 bits per heavy atom. The smallest absolute Gasteiger partial charge is 0.200 e. The van der Waals surface area contributed by atoms with Crippen LogP contribution in [0.1, 0.15) is 26.3 Å². The minimum atomic E-state index is -0.585. The highest BCUT2D eigenvalue weighted by Crippen LogP contribution is 2.31. The predicted octanol–water partition coefficient (Wildman–Crippen LogP) is 1.72. The maximum absolute atomic E-state index is 12.2. The van der Waals surface area contributed by atoms with Gasteiger partial charge in [-0.05, 0) is 36.4 Å². The van der Waals surface area contributed by atoms with E-state index >= 15 is 0 Å².